The number of benzene rings is 1. The summed E-state index contributed by atoms with van der Waals surface area (Å²) in [6.45, 7) is 6.97. The average Bonchev–Trinajstić information content (AvgIpc) is 2.75. The predicted molar refractivity (Wildman–Crippen MR) is 78.2 cm³/mol. The molecule has 0 radical (unpaired) electrons. The summed E-state index contributed by atoms with van der Waals surface area (Å²) in [6.07, 6.45) is 0. The van der Waals surface area contributed by atoms with Gasteiger partial charge in [0, 0.05) is 0 Å². The molecule has 0 amide bonds. The Balaban J connectivity index is 2.44. The number of rotatable bonds is 4. The molecule has 2 aromatic rings. The third-order valence-electron chi connectivity index (χ3n) is 3.01. The minimum atomic E-state index is 0.150. The fourth-order valence-electron chi connectivity index (χ4n) is 2.03. The molecule has 2 rings (SSSR count). The summed E-state index contributed by atoms with van der Waals surface area (Å²) in [5, 5.41) is 12.7. The lowest BCUT2D eigenvalue weighted by Gasteiger charge is -2.11. The highest BCUT2D eigenvalue weighted by Crippen LogP contribution is 2.29. The van der Waals surface area contributed by atoms with Crippen LogP contribution in [-0.4, -0.2) is 21.5 Å². The molecule has 1 N–H and O–H groups in total. The van der Waals surface area contributed by atoms with Crippen LogP contribution in [0.4, 0.5) is 0 Å². The molecule has 19 heavy (non-hydrogen) atoms. The molecule has 4 nitrogen and oxygen atoms in total. The van der Waals surface area contributed by atoms with E-state index in [-0.39, 0.29) is 6.04 Å². The second kappa shape index (κ2) is 5.90. The lowest BCUT2D eigenvalue weighted by molar-refractivity contribution is 0.579. The van der Waals surface area contributed by atoms with Gasteiger partial charge < -0.3 is 5.32 Å². The van der Waals surface area contributed by atoms with Gasteiger partial charge in [-0.1, -0.05) is 41.4 Å². The number of hydrogen-bond acceptors (Lipinski definition) is 3. The molecule has 0 aliphatic carbocycles. The van der Waals surface area contributed by atoms with E-state index in [2.05, 4.69) is 29.5 Å². The van der Waals surface area contributed by atoms with Gasteiger partial charge in [-0.3, -0.25) is 0 Å². The van der Waals surface area contributed by atoms with E-state index in [9.17, 15) is 0 Å². The van der Waals surface area contributed by atoms with Gasteiger partial charge in [0.05, 0.1) is 27.5 Å². The maximum Gasteiger partial charge on any atom is 0.103 e. The molecular weight excluding hydrogens is 283 g/mol. The van der Waals surface area contributed by atoms with Crippen molar-refractivity contribution in [2.75, 3.05) is 6.54 Å². The van der Waals surface area contributed by atoms with Crippen molar-refractivity contribution >= 4 is 23.2 Å². The van der Waals surface area contributed by atoms with Gasteiger partial charge in [-0.2, -0.15) is 0 Å². The second-order valence-corrected chi connectivity index (χ2v) is 5.11. The zero-order chi connectivity index (χ0) is 14.0. The van der Waals surface area contributed by atoms with Crippen LogP contribution >= 0.6 is 23.2 Å². The van der Waals surface area contributed by atoms with Crippen molar-refractivity contribution in [3.05, 3.63) is 39.6 Å². The minimum absolute atomic E-state index is 0.150. The van der Waals surface area contributed by atoms with Crippen LogP contribution in [0.25, 0.3) is 5.69 Å². The Bertz CT molecular complexity index is 580. The fraction of sp³-hybridized carbons (Fsp3) is 0.385. The quantitative estimate of drug-likeness (QED) is 0.938. The van der Waals surface area contributed by atoms with Gasteiger partial charge in [0.2, 0.25) is 0 Å². The van der Waals surface area contributed by atoms with Gasteiger partial charge in [-0.25, -0.2) is 4.68 Å². The summed E-state index contributed by atoms with van der Waals surface area (Å²) in [7, 11) is 0. The first-order valence-corrected chi connectivity index (χ1v) is 6.91. The van der Waals surface area contributed by atoms with Crippen molar-refractivity contribution in [3.8, 4) is 5.69 Å². The van der Waals surface area contributed by atoms with Crippen molar-refractivity contribution in [2.45, 2.75) is 26.8 Å². The summed E-state index contributed by atoms with van der Waals surface area (Å²) in [5.74, 6) is 0. The average molecular weight is 299 g/mol. The molecular formula is C13H16Cl2N4. The van der Waals surface area contributed by atoms with Gasteiger partial charge in [-0.15, -0.1) is 5.10 Å². The largest absolute Gasteiger partial charge is 0.309 e. The van der Waals surface area contributed by atoms with E-state index in [1.807, 2.05) is 19.1 Å². The Labute approximate surface area is 122 Å². The number of nitrogens with one attached hydrogen (secondary N) is 1. The molecule has 1 aromatic heterocycles. The third-order valence-corrected chi connectivity index (χ3v) is 3.82. The SMILES string of the molecule is CCNC(C)c1nnn(-c2cccc(Cl)c2Cl)c1C. The Morgan fingerprint density at radius 1 is 1.37 bits per heavy atom. The van der Waals surface area contributed by atoms with Gasteiger partial charge in [0.1, 0.15) is 5.69 Å². The fourth-order valence-corrected chi connectivity index (χ4v) is 2.40. The Kier molecular flexibility index (Phi) is 4.45. The topological polar surface area (TPSA) is 42.7 Å². The summed E-state index contributed by atoms with van der Waals surface area (Å²) in [5.41, 5.74) is 2.62. The molecule has 0 saturated carbocycles. The van der Waals surface area contributed by atoms with Crippen molar-refractivity contribution in [1.82, 2.24) is 20.3 Å². The van der Waals surface area contributed by atoms with Crippen LogP contribution in [0.3, 0.4) is 0 Å². The zero-order valence-corrected chi connectivity index (χ0v) is 12.6. The zero-order valence-electron chi connectivity index (χ0n) is 11.1. The number of aromatic nitrogens is 3. The van der Waals surface area contributed by atoms with Crippen LogP contribution < -0.4 is 5.32 Å². The van der Waals surface area contributed by atoms with E-state index in [0.29, 0.717) is 10.0 Å². The van der Waals surface area contributed by atoms with E-state index in [1.54, 1.807) is 10.7 Å². The highest BCUT2D eigenvalue weighted by molar-refractivity contribution is 6.43. The van der Waals surface area contributed by atoms with Gasteiger partial charge >= 0.3 is 0 Å². The molecule has 1 heterocycles. The van der Waals surface area contributed by atoms with Crippen LogP contribution in [0.5, 0.6) is 0 Å². The van der Waals surface area contributed by atoms with Gasteiger partial charge in [0.25, 0.3) is 0 Å². The molecule has 0 aliphatic rings. The summed E-state index contributed by atoms with van der Waals surface area (Å²) >= 11 is 12.2. The van der Waals surface area contributed by atoms with Crippen LogP contribution in [0.15, 0.2) is 18.2 Å². The molecule has 0 spiro atoms. The molecule has 1 unspecified atom stereocenters. The van der Waals surface area contributed by atoms with E-state index in [4.69, 9.17) is 23.2 Å². The number of nitrogens with zero attached hydrogens (tertiary/aromatic N) is 3. The first-order chi connectivity index (χ1) is 9.06. The molecule has 0 fully saturated rings. The Morgan fingerprint density at radius 2 is 2.11 bits per heavy atom. The molecule has 0 saturated heterocycles. The van der Waals surface area contributed by atoms with Gasteiger partial charge in [-0.05, 0) is 32.5 Å². The highest BCUT2D eigenvalue weighted by Gasteiger charge is 2.17. The summed E-state index contributed by atoms with van der Waals surface area (Å²) in [4.78, 5) is 0. The first kappa shape index (κ1) is 14.3. The molecule has 1 aromatic carbocycles. The third kappa shape index (κ3) is 2.76. The van der Waals surface area contributed by atoms with Crippen LogP contribution in [0.1, 0.15) is 31.3 Å². The Morgan fingerprint density at radius 3 is 2.79 bits per heavy atom. The van der Waals surface area contributed by atoms with Crippen molar-refractivity contribution in [2.24, 2.45) is 0 Å². The molecule has 6 heteroatoms. The molecule has 0 bridgehead atoms. The number of halogens is 2. The normalized spacial score (nSPS) is 12.7. The van der Waals surface area contributed by atoms with E-state index < -0.39 is 0 Å². The van der Waals surface area contributed by atoms with Crippen molar-refractivity contribution in [3.63, 3.8) is 0 Å². The minimum Gasteiger partial charge on any atom is -0.309 e. The maximum absolute atomic E-state index is 6.21. The molecule has 1 atom stereocenters. The second-order valence-electron chi connectivity index (χ2n) is 4.32. The highest BCUT2D eigenvalue weighted by atomic mass is 35.5. The summed E-state index contributed by atoms with van der Waals surface area (Å²) < 4.78 is 1.72. The van der Waals surface area contributed by atoms with Gasteiger partial charge in [0.15, 0.2) is 0 Å². The maximum atomic E-state index is 6.21. The van der Waals surface area contributed by atoms with Crippen molar-refractivity contribution < 1.29 is 0 Å². The monoisotopic (exact) mass is 298 g/mol. The lowest BCUT2D eigenvalue weighted by Crippen LogP contribution is -2.19. The van der Waals surface area contributed by atoms with Crippen molar-refractivity contribution in [1.29, 1.82) is 0 Å². The summed E-state index contributed by atoms with van der Waals surface area (Å²) in [6, 6.07) is 5.62. The van der Waals surface area contributed by atoms with E-state index in [0.717, 1.165) is 23.6 Å². The number of hydrogen-bond donors (Lipinski definition) is 1. The predicted octanol–water partition coefficient (Wildman–Crippen LogP) is 3.55. The van der Waals surface area contributed by atoms with Crippen LogP contribution in [0.2, 0.25) is 10.0 Å². The smallest absolute Gasteiger partial charge is 0.103 e. The lowest BCUT2D eigenvalue weighted by atomic mass is 10.2. The van der Waals surface area contributed by atoms with Crippen LogP contribution in [0, 0.1) is 6.92 Å². The van der Waals surface area contributed by atoms with Crippen LogP contribution in [-0.2, 0) is 0 Å². The molecule has 102 valence electrons. The molecule has 0 aliphatic heterocycles. The van der Waals surface area contributed by atoms with E-state index in [1.165, 1.54) is 0 Å². The standard InChI is InChI=1S/C13H16Cl2N4/c1-4-16-8(2)13-9(3)19(18-17-13)11-7-5-6-10(14)12(11)15/h5-8,16H,4H2,1-3H3. The van der Waals surface area contributed by atoms with E-state index >= 15 is 0 Å². The Hall–Kier alpha value is -1.10. The first-order valence-electron chi connectivity index (χ1n) is 6.16.